The molecule has 8 nitrogen and oxygen atoms in total. The Kier molecular flexibility index (Phi) is 3.61. The van der Waals surface area contributed by atoms with E-state index in [1.807, 2.05) is 37.6 Å². The molecule has 4 heterocycles. The molecule has 0 saturated heterocycles. The van der Waals surface area contributed by atoms with Gasteiger partial charge in [0.1, 0.15) is 12.0 Å². The van der Waals surface area contributed by atoms with Gasteiger partial charge in [0.15, 0.2) is 5.65 Å². The van der Waals surface area contributed by atoms with Crippen LogP contribution in [0.25, 0.3) is 27.8 Å². The molecule has 0 radical (unpaired) electrons. The summed E-state index contributed by atoms with van der Waals surface area (Å²) in [7, 11) is 0. The smallest absolute Gasteiger partial charge is 0.224 e. The van der Waals surface area contributed by atoms with Crippen LogP contribution in [0.3, 0.4) is 0 Å². The van der Waals surface area contributed by atoms with Crippen LogP contribution in [0.15, 0.2) is 37.1 Å². The lowest BCUT2D eigenvalue weighted by molar-refractivity contribution is 0.0196. The number of hydrogen-bond donors (Lipinski definition) is 3. The maximum atomic E-state index is 10.1. The zero-order chi connectivity index (χ0) is 18.4. The molecule has 1 aliphatic rings. The van der Waals surface area contributed by atoms with Gasteiger partial charge in [-0.25, -0.2) is 14.5 Å². The van der Waals surface area contributed by atoms with E-state index in [0.717, 1.165) is 53.5 Å². The lowest BCUT2D eigenvalue weighted by Crippen LogP contribution is -2.36. The van der Waals surface area contributed by atoms with Gasteiger partial charge in [0.05, 0.1) is 5.60 Å². The average Bonchev–Trinajstić information content (AvgIpc) is 3.29. The predicted octanol–water partition coefficient (Wildman–Crippen LogP) is 2.77. The third-order valence-electron chi connectivity index (χ3n) is 5.42. The summed E-state index contributed by atoms with van der Waals surface area (Å²) in [6.07, 6.45) is 10.7. The molecular weight excluding hydrogens is 342 g/mol. The lowest BCUT2D eigenvalue weighted by atomic mass is 9.84. The van der Waals surface area contributed by atoms with Crippen LogP contribution >= 0.6 is 0 Å². The van der Waals surface area contributed by atoms with Gasteiger partial charge < -0.3 is 15.4 Å². The van der Waals surface area contributed by atoms with E-state index >= 15 is 0 Å². The molecule has 1 saturated carbocycles. The third kappa shape index (κ3) is 3.02. The van der Waals surface area contributed by atoms with Crippen molar-refractivity contribution in [2.24, 2.45) is 0 Å². The molecule has 5 rings (SSSR count). The Labute approximate surface area is 155 Å². The Morgan fingerprint density at radius 3 is 3.00 bits per heavy atom. The first-order chi connectivity index (χ1) is 13.1. The number of nitrogens with one attached hydrogen (secondary N) is 2. The second-order valence-electron chi connectivity index (χ2n) is 7.55. The van der Waals surface area contributed by atoms with Crippen molar-refractivity contribution in [3.05, 3.63) is 37.1 Å². The molecule has 0 unspecified atom stereocenters. The summed E-state index contributed by atoms with van der Waals surface area (Å²) in [6.45, 7) is 1.91. The van der Waals surface area contributed by atoms with E-state index in [1.165, 1.54) is 0 Å². The second kappa shape index (κ2) is 6.02. The van der Waals surface area contributed by atoms with E-state index < -0.39 is 5.60 Å². The summed E-state index contributed by atoms with van der Waals surface area (Å²) in [4.78, 5) is 16.6. The standard InChI is InChI=1S/C19H21N7O/c1-19(27)5-2-13(3-6-19)24-18-21-10-15-14(9-20-17(15)25-18)12-4-7-26-16(8-12)22-11-23-26/h4,7-11,13,27H,2-3,5-6H2,1H3,(H2,20,21,24,25). The lowest BCUT2D eigenvalue weighted by Gasteiger charge is -2.33. The number of rotatable bonds is 3. The van der Waals surface area contributed by atoms with Crippen LogP contribution in [0.5, 0.6) is 0 Å². The number of hydrogen-bond acceptors (Lipinski definition) is 6. The molecule has 4 aromatic rings. The fraction of sp³-hybridized carbons (Fsp3) is 0.368. The van der Waals surface area contributed by atoms with Gasteiger partial charge in [-0.05, 0) is 50.3 Å². The Balaban J connectivity index is 1.41. The zero-order valence-corrected chi connectivity index (χ0v) is 15.1. The quantitative estimate of drug-likeness (QED) is 0.517. The van der Waals surface area contributed by atoms with E-state index in [4.69, 9.17) is 0 Å². The Hall–Kier alpha value is -3.00. The highest BCUT2D eigenvalue weighted by atomic mass is 16.3. The van der Waals surface area contributed by atoms with E-state index in [9.17, 15) is 5.11 Å². The molecule has 3 N–H and O–H groups in total. The topological polar surface area (TPSA) is 104 Å². The van der Waals surface area contributed by atoms with Crippen molar-refractivity contribution in [1.82, 2.24) is 29.5 Å². The van der Waals surface area contributed by atoms with Crippen molar-refractivity contribution in [2.75, 3.05) is 5.32 Å². The summed E-state index contributed by atoms with van der Waals surface area (Å²) in [6, 6.07) is 4.30. The summed E-state index contributed by atoms with van der Waals surface area (Å²) >= 11 is 0. The molecule has 0 aromatic carbocycles. The second-order valence-corrected chi connectivity index (χ2v) is 7.55. The van der Waals surface area contributed by atoms with Gasteiger partial charge in [-0.1, -0.05) is 0 Å². The van der Waals surface area contributed by atoms with Crippen LogP contribution in [0.4, 0.5) is 5.95 Å². The number of fused-ring (bicyclic) bond motifs is 2. The molecule has 4 aromatic heterocycles. The summed E-state index contributed by atoms with van der Waals surface area (Å²) in [5, 5.41) is 18.6. The molecular formula is C19H21N7O. The van der Waals surface area contributed by atoms with Gasteiger partial charge >= 0.3 is 0 Å². The Bertz CT molecular complexity index is 1100. The first-order valence-electron chi connectivity index (χ1n) is 9.20. The Morgan fingerprint density at radius 2 is 2.15 bits per heavy atom. The number of aromatic amines is 1. The highest BCUT2D eigenvalue weighted by Crippen LogP contribution is 2.30. The normalized spacial score (nSPS) is 23.1. The molecule has 1 fully saturated rings. The zero-order valence-electron chi connectivity index (χ0n) is 15.1. The van der Waals surface area contributed by atoms with E-state index in [1.54, 1.807) is 10.8 Å². The molecule has 0 aliphatic heterocycles. The first kappa shape index (κ1) is 16.2. The van der Waals surface area contributed by atoms with Crippen LogP contribution < -0.4 is 5.32 Å². The fourth-order valence-corrected chi connectivity index (χ4v) is 3.77. The van der Waals surface area contributed by atoms with Crippen molar-refractivity contribution in [3.63, 3.8) is 0 Å². The van der Waals surface area contributed by atoms with Gasteiger partial charge in [0, 0.05) is 35.6 Å². The molecule has 0 atom stereocenters. The SMILES string of the molecule is CC1(O)CCC(Nc2ncc3c(-c4ccn5ncnc5c4)c[nH]c3n2)CC1. The summed E-state index contributed by atoms with van der Waals surface area (Å²) in [5.74, 6) is 0.621. The molecule has 0 amide bonds. The minimum Gasteiger partial charge on any atom is -0.390 e. The van der Waals surface area contributed by atoms with Gasteiger partial charge in [0.25, 0.3) is 0 Å². The van der Waals surface area contributed by atoms with Crippen LogP contribution in [0.1, 0.15) is 32.6 Å². The number of aromatic nitrogens is 6. The number of nitrogens with zero attached hydrogens (tertiary/aromatic N) is 5. The number of aliphatic hydroxyl groups is 1. The summed E-state index contributed by atoms with van der Waals surface area (Å²) in [5.41, 5.74) is 3.14. The highest BCUT2D eigenvalue weighted by molar-refractivity contribution is 5.93. The minimum absolute atomic E-state index is 0.299. The molecule has 8 heteroatoms. The van der Waals surface area contributed by atoms with Crippen molar-refractivity contribution in [3.8, 4) is 11.1 Å². The van der Waals surface area contributed by atoms with Gasteiger partial charge in [-0.15, -0.1) is 0 Å². The van der Waals surface area contributed by atoms with E-state index in [-0.39, 0.29) is 0 Å². The largest absolute Gasteiger partial charge is 0.390 e. The highest BCUT2D eigenvalue weighted by Gasteiger charge is 2.28. The maximum Gasteiger partial charge on any atom is 0.224 e. The number of H-pyrrole nitrogens is 1. The maximum absolute atomic E-state index is 10.1. The first-order valence-corrected chi connectivity index (χ1v) is 9.20. The minimum atomic E-state index is -0.539. The fourth-order valence-electron chi connectivity index (χ4n) is 3.77. The van der Waals surface area contributed by atoms with Crippen molar-refractivity contribution < 1.29 is 5.11 Å². The molecule has 1 aliphatic carbocycles. The molecule has 0 bridgehead atoms. The number of anilines is 1. The van der Waals surface area contributed by atoms with Crippen LogP contribution in [-0.2, 0) is 0 Å². The van der Waals surface area contributed by atoms with Gasteiger partial charge in [-0.3, -0.25) is 0 Å². The average molecular weight is 363 g/mol. The van der Waals surface area contributed by atoms with Crippen LogP contribution in [0, 0.1) is 0 Å². The van der Waals surface area contributed by atoms with Crippen molar-refractivity contribution >= 4 is 22.6 Å². The molecule has 138 valence electrons. The Morgan fingerprint density at radius 1 is 1.30 bits per heavy atom. The molecule has 0 spiro atoms. The molecule has 27 heavy (non-hydrogen) atoms. The number of pyridine rings is 1. The predicted molar refractivity (Wildman–Crippen MR) is 102 cm³/mol. The van der Waals surface area contributed by atoms with Crippen molar-refractivity contribution in [1.29, 1.82) is 0 Å². The van der Waals surface area contributed by atoms with Gasteiger partial charge in [-0.2, -0.15) is 10.1 Å². The van der Waals surface area contributed by atoms with Crippen LogP contribution in [-0.4, -0.2) is 46.3 Å². The van der Waals surface area contributed by atoms with Crippen molar-refractivity contribution in [2.45, 2.75) is 44.2 Å². The van der Waals surface area contributed by atoms with E-state index in [0.29, 0.717) is 12.0 Å². The van der Waals surface area contributed by atoms with Crippen LogP contribution in [0.2, 0.25) is 0 Å². The summed E-state index contributed by atoms with van der Waals surface area (Å²) < 4.78 is 1.73. The van der Waals surface area contributed by atoms with Gasteiger partial charge in [0.2, 0.25) is 5.95 Å². The third-order valence-corrected chi connectivity index (χ3v) is 5.42. The van der Waals surface area contributed by atoms with E-state index in [2.05, 4.69) is 30.4 Å². The monoisotopic (exact) mass is 363 g/mol.